The second-order valence-corrected chi connectivity index (χ2v) is 9.88. The minimum Gasteiger partial charge on any atom is -0.481 e. The highest BCUT2D eigenvalue weighted by Crippen LogP contribution is 2.34. The van der Waals surface area contributed by atoms with E-state index in [0.29, 0.717) is 33.6 Å². The zero-order chi connectivity index (χ0) is 23.7. The maximum Gasteiger partial charge on any atom is 0.303 e. The van der Waals surface area contributed by atoms with Crippen molar-refractivity contribution in [2.75, 3.05) is 13.1 Å². The van der Waals surface area contributed by atoms with Gasteiger partial charge in [-0.15, -0.1) is 0 Å². The molecule has 1 N–H and O–H groups in total. The van der Waals surface area contributed by atoms with E-state index in [1.165, 1.54) is 0 Å². The number of aromatic nitrogens is 1. The summed E-state index contributed by atoms with van der Waals surface area (Å²) in [5.74, 6) is -0.479. The van der Waals surface area contributed by atoms with Crippen molar-refractivity contribution in [1.29, 1.82) is 5.26 Å². The smallest absolute Gasteiger partial charge is 0.303 e. The first kappa shape index (κ1) is 23.9. The predicted octanol–water partition coefficient (Wildman–Crippen LogP) is 6.29. The van der Waals surface area contributed by atoms with Crippen molar-refractivity contribution < 1.29 is 9.90 Å². The molecule has 0 atom stereocenters. The number of fused-ring (bicyclic) bond motifs is 1. The van der Waals surface area contributed by atoms with Crippen molar-refractivity contribution in [3.63, 3.8) is 0 Å². The van der Waals surface area contributed by atoms with Gasteiger partial charge in [-0.3, -0.25) is 9.69 Å². The van der Waals surface area contributed by atoms with E-state index < -0.39 is 5.97 Å². The van der Waals surface area contributed by atoms with E-state index >= 15 is 0 Å². The molecular formula is C25H24Cl3N3O2. The first-order chi connectivity index (χ1) is 15.8. The SMILES string of the molecule is Cn1c(Cc2c(Cl)ccc(CN3CCC(CC(=O)O)CC3)c2Cl)cc2c(Cl)cc(C#N)cc21. The molecule has 172 valence electrons. The molecule has 0 aliphatic carbocycles. The van der Waals surface area contributed by atoms with Crippen LogP contribution in [0.25, 0.3) is 10.9 Å². The van der Waals surface area contributed by atoms with Gasteiger partial charge >= 0.3 is 5.97 Å². The minimum atomic E-state index is -0.725. The molecular weight excluding hydrogens is 481 g/mol. The molecule has 1 aliphatic rings. The van der Waals surface area contributed by atoms with Crippen LogP contribution in [0.4, 0.5) is 0 Å². The van der Waals surface area contributed by atoms with Crippen LogP contribution in [0.15, 0.2) is 30.3 Å². The fraction of sp³-hybridized carbons (Fsp3) is 0.360. The fourth-order valence-corrected chi connectivity index (χ4v) is 5.46. The number of aryl methyl sites for hydroxylation is 1. The van der Waals surface area contributed by atoms with Gasteiger partial charge < -0.3 is 9.67 Å². The molecule has 2 heterocycles. The molecule has 0 bridgehead atoms. The van der Waals surface area contributed by atoms with Gasteiger partial charge in [-0.25, -0.2) is 0 Å². The third-order valence-corrected chi connectivity index (χ3v) is 7.67. The summed E-state index contributed by atoms with van der Waals surface area (Å²) in [6, 6.07) is 11.5. The number of aliphatic carboxylic acids is 1. The molecule has 1 aliphatic heterocycles. The average Bonchev–Trinajstić information content (AvgIpc) is 3.10. The van der Waals surface area contributed by atoms with Gasteiger partial charge in [0.2, 0.25) is 0 Å². The lowest BCUT2D eigenvalue weighted by Gasteiger charge is -2.31. The van der Waals surface area contributed by atoms with E-state index in [-0.39, 0.29) is 12.3 Å². The zero-order valence-electron chi connectivity index (χ0n) is 18.2. The van der Waals surface area contributed by atoms with Gasteiger partial charge in [0.1, 0.15) is 0 Å². The fourth-order valence-electron chi connectivity index (χ4n) is 4.62. The van der Waals surface area contributed by atoms with E-state index in [1.807, 2.05) is 35.9 Å². The lowest BCUT2D eigenvalue weighted by Crippen LogP contribution is -2.34. The van der Waals surface area contributed by atoms with Gasteiger partial charge in [0.05, 0.1) is 27.2 Å². The summed E-state index contributed by atoms with van der Waals surface area (Å²) in [5, 5.41) is 21.0. The number of hydrogen-bond donors (Lipinski definition) is 1. The molecule has 5 nitrogen and oxygen atoms in total. The van der Waals surface area contributed by atoms with Gasteiger partial charge in [0, 0.05) is 42.5 Å². The summed E-state index contributed by atoms with van der Waals surface area (Å²) in [4.78, 5) is 13.3. The van der Waals surface area contributed by atoms with Crippen molar-refractivity contribution in [1.82, 2.24) is 9.47 Å². The first-order valence-corrected chi connectivity index (χ1v) is 12.0. The quantitative estimate of drug-likeness (QED) is 0.428. The van der Waals surface area contributed by atoms with Crippen LogP contribution in [0.3, 0.4) is 0 Å². The Hall–Kier alpha value is -2.23. The number of rotatable bonds is 6. The molecule has 0 spiro atoms. The van der Waals surface area contributed by atoms with Crippen LogP contribution in [0.1, 0.15) is 41.6 Å². The van der Waals surface area contributed by atoms with E-state index in [9.17, 15) is 10.1 Å². The topological polar surface area (TPSA) is 69.3 Å². The van der Waals surface area contributed by atoms with E-state index in [0.717, 1.165) is 53.7 Å². The van der Waals surface area contributed by atoms with E-state index in [1.54, 1.807) is 6.07 Å². The number of benzene rings is 2. The zero-order valence-corrected chi connectivity index (χ0v) is 20.5. The molecule has 0 saturated carbocycles. The summed E-state index contributed by atoms with van der Waals surface area (Å²) in [6.45, 7) is 2.42. The Morgan fingerprint density at radius 3 is 2.55 bits per heavy atom. The highest BCUT2D eigenvalue weighted by Gasteiger charge is 2.23. The predicted molar refractivity (Wildman–Crippen MR) is 132 cm³/mol. The highest BCUT2D eigenvalue weighted by atomic mass is 35.5. The van der Waals surface area contributed by atoms with Crippen molar-refractivity contribution in [2.24, 2.45) is 13.0 Å². The Bertz CT molecular complexity index is 1250. The molecule has 33 heavy (non-hydrogen) atoms. The molecule has 0 unspecified atom stereocenters. The van der Waals surface area contributed by atoms with Crippen LogP contribution in [0.2, 0.25) is 15.1 Å². The molecule has 0 amide bonds. The number of nitriles is 1. The molecule has 1 fully saturated rings. The van der Waals surface area contributed by atoms with Crippen LogP contribution in [-0.4, -0.2) is 33.6 Å². The third-order valence-electron chi connectivity index (χ3n) is 6.53. The van der Waals surface area contributed by atoms with E-state index in [2.05, 4.69) is 11.0 Å². The van der Waals surface area contributed by atoms with Gasteiger partial charge in [-0.1, -0.05) is 40.9 Å². The Balaban J connectivity index is 1.56. The largest absolute Gasteiger partial charge is 0.481 e. The Morgan fingerprint density at radius 1 is 1.15 bits per heavy atom. The summed E-state index contributed by atoms with van der Waals surface area (Å²) in [5.41, 5.74) is 4.28. The maximum absolute atomic E-state index is 11.0. The molecule has 8 heteroatoms. The average molecular weight is 505 g/mol. The normalized spacial score (nSPS) is 15.1. The standard InChI is InChI=1S/C25H24Cl3N3O2/c1-30-18(11-19-22(27)8-16(13-29)9-23(19)30)12-20-21(26)3-2-17(25(20)28)14-31-6-4-15(5-7-31)10-24(32)33/h2-3,8-9,11,15H,4-7,10,12,14H2,1H3,(H,32,33). The lowest BCUT2D eigenvalue weighted by molar-refractivity contribution is -0.138. The van der Waals surface area contributed by atoms with Crippen molar-refractivity contribution in [3.05, 3.63) is 67.8 Å². The minimum absolute atomic E-state index is 0.241. The number of carboxylic acid groups (broad SMARTS) is 1. The summed E-state index contributed by atoms with van der Waals surface area (Å²) >= 11 is 19.8. The molecule has 1 aromatic heterocycles. The third kappa shape index (κ3) is 5.15. The van der Waals surface area contributed by atoms with Crippen LogP contribution >= 0.6 is 34.8 Å². The maximum atomic E-state index is 11.0. The van der Waals surface area contributed by atoms with Crippen LogP contribution in [0.5, 0.6) is 0 Å². The number of piperidine rings is 1. The van der Waals surface area contributed by atoms with E-state index in [4.69, 9.17) is 39.9 Å². The second-order valence-electron chi connectivity index (χ2n) is 8.69. The molecule has 3 aromatic rings. The second kappa shape index (κ2) is 9.95. The van der Waals surface area contributed by atoms with Crippen LogP contribution < -0.4 is 0 Å². The van der Waals surface area contributed by atoms with Crippen LogP contribution in [0, 0.1) is 17.2 Å². The summed E-state index contributed by atoms with van der Waals surface area (Å²) in [7, 11) is 1.95. The first-order valence-electron chi connectivity index (χ1n) is 10.8. The van der Waals surface area contributed by atoms with Crippen molar-refractivity contribution in [2.45, 2.75) is 32.2 Å². The molecule has 2 aromatic carbocycles. The Kier molecular flexibility index (Phi) is 7.21. The van der Waals surface area contributed by atoms with Crippen LogP contribution in [-0.2, 0) is 24.8 Å². The van der Waals surface area contributed by atoms with Gasteiger partial charge in [-0.2, -0.15) is 5.26 Å². The molecule has 1 saturated heterocycles. The number of hydrogen-bond acceptors (Lipinski definition) is 3. The molecule has 0 radical (unpaired) electrons. The monoisotopic (exact) mass is 503 g/mol. The highest BCUT2D eigenvalue weighted by molar-refractivity contribution is 6.36. The van der Waals surface area contributed by atoms with Crippen molar-refractivity contribution >= 4 is 51.7 Å². The number of carbonyl (C=O) groups is 1. The summed E-state index contributed by atoms with van der Waals surface area (Å²) in [6.07, 6.45) is 2.54. The Morgan fingerprint density at radius 2 is 1.88 bits per heavy atom. The van der Waals surface area contributed by atoms with Gasteiger partial charge in [0.25, 0.3) is 0 Å². The number of likely N-dealkylation sites (tertiary alicyclic amines) is 1. The summed E-state index contributed by atoms with van der Waals surface area (Å²) < 4.78 is 2.02. The lowest BCUT2D eigenvalue weighted by atomic mass is 9.93. The molecule has 4 rings (SSSR count). The number of nitrogens with zero attached hydrogens (tertiary/aromatic N) is 3. The van der Waals surface area contributed by atoms with Gasteiger partial charge in [-0.05, 0) is 67.2 Å². The number of halogens is 3. The van der Waals surface area contributed by atoms with Crippen molar-refractivity contribution in [3.8, 4) is 6.07 Å². The Labute approximate surface area is 208 Å². The number of carboxylic acids is 1. The van der Waals surface area contributed by atoms with Gasteiger partial charge in [0.15, 0.2) is 0 Å².